The fraction of sp³-hybridized carbons (Fsp3) is 0.720. The van der Waals surface area contributed by atoms with E-state index in [-0.39, 0.29) is 6.84 Å². The lowest BCUT2D eigenvalue weighted by Gasteiger charge is -2.29. The third kappa shape index (κ3) is 13.0. The van der Waals surface area contributed by atoms with Crippen molar-refractivity contribution in [3.8, 4) is 0 Å². The first kappa shape index (κ1) is 28.6. The molecule has 0 bridgehead atoms. The van der Waals surface area contributed by atoms with E-state index in [9.17, 15) is 0 Å². The maximum atomic E-state index is 7.90. The minimum Gasteiger partial charge on any atom is -0.360 e. The minimum atomic E-state index is -0.403. The van der Waals surface area contributed by atoms with Gasteiger partial charge in [-0.1, -0.05) is 45.0 Å². The molecule has 0 radical (unpaired) electrons. The number of nitrogens with zero attached hydrogens (tertiary/aromatic N) is 2. The standard InChI is InChI=1S/C21H37N3.C4H10O2.H2/c1-6-23-17-24(7-2)20(14-15-22)13-9-11-18-10-8-12-19(16-18)21(3,4)5;1-4(2,3)6-5;/h8,10,12,16-17,20H,6-7,9,11,13-15,22H2,1-5H3;5H,1-3H3;1H. The summed E-state index contributed by atoms with van der Waals surface area (Å²) in [5.41, 5.74) is 8.51. The van der Waals surface area contributed by atoms with Gasteiger partial charge in [-0.05, 0) is 83.4 Å². The molecule has 0 fully saturated rings. The topological polar surface area (TPSA) is 71.1 Å². The zero-order chi connectivity index (χ0) is 23.2. The third-order valence-electron chi connectivity index (χ3n) is 4.82. The highest BCUT2D eigenvalue weighted by Crippen LogP contribution is 2.23. The molecule has 1 atom stereocenters. The van der Waals surface area contributed by atoms with E-state index in [0.29, 0.717) is 6.04 Å². The van der Waals surface area contributed by atoms with Crippen molar-refractivity contribution in [1.82, 2.24) is 4.90 Å². The molecule has 1 rings (SSSR count). The normalized spacial score (nSPS) is 13.1. The van der Waals surface area contributed by atoms with Gasteiger partial charge in [0.15, 0.2) is 0 Å². The first-order valence-corrected chi connectivity index (χ1v) is 11.4. The van der Waals surface area contributed by atoms with Gasteiger partial charge in [-0.3, -0.25) is 10.2 Å². The van der Waals surface area contributed by atoms with E-state index in [2.05, 4.69) is 73.7 Å². The Morgan fingerprint density at radius 3 is 2.27 bits per heavy atom. The van der Waals surface area contributed by atoms with E-state index in [1.165, 1.54) is 24.0 Å². The molecule has 5 heteroatoms. The van der Waals surface area contributed by atoms with Crippen LogP contribution in [0, 0.1) is 0 Å². The molecule has 1 unspecified atom stereocenters. The third-order valence-corrected chi connectivity index (χ3v) is 4.82. The van der Waals surface area contributed by atoms with Crippen molar-refractivity contribution >= 4 is 6.34 Å². The summed E-state index contributed by atoms with van der Waals surface area (Å²) in [5.74, 6) is 0. The molecule has 1 aromatic carbocycles. The predicted octanol–water partition coefficient (Wildman–Crippen LogP) is 5.91. The molecule has 1 aromatic rings. The monoisotopic (exact) mass is 423 g/mol. The van der Waals surface area contributed by atoms with Gasteiger partial charge in [0.25, 0.3) is 0 Å². The van der Waals surface area contributed by atoms with Gasteiger partial charge in [0.1, 0.15) is 0 Å². The first-order chi connectivity index (χ1) is 14.0. The molecule has 5 nitrogen and oxygen atoms in total. The smallest absolute Gasteiger partial charge is 0.0949 e. The van der Waals surface area contributed by atoms with Gasteiger partial charge in [-0.2, -0.15) is 0 Å². The van der Waals surface area contributed by atoms with Crippen LogP contribution in [-0.2, 0) is 16.7 Å². The second kappa shape index (κ2) is 14.6. The Morgan fingerprint density at radius 1 is 1.17 bits per heavy atom. The first-order valence-electron chi connectivity index (χ1n) is 11.4. The van der Waals surface area contributed by atoms with Gasteiger partial charge in [-0.15, -0.1) is 0 Å². The van der Waals surface area contributed by atoms with Gasteiger partial charge in [0.05, 0.1) is 11.9 Å². The molecule has 0 aliphatic carbocycles. The van der Waals surface area contributed by atoms with Crippen molar-refractivity contribution in [3.05, 3.63) is 35.4 Å². The molecule has 0 aliphatic rings. The number of hydrogen-bond donors (Lipinski definition) is 2. The summed E-state index contributed by atoms with van der Waals surface area (Å²) in [6.45, 7) is 19.0. The summed E-state index contributed by atoms with van der Waals surface area (Å²) in [7, 11) is 0. The number of hydrogen-bond acceptors (Lipinski definition) is 4. The number of benzene rings is 1. The second-order valence-electron chi connectivity index (χ2n) is 9.72. The Morgan fingerprint density at radius 2 is 1.80 bits per heavy atom. The molecule has 0 amide bonds. The van der Waals surface area contributed by atoms with Crippen molar-refractivity contribution in [2.45, 2.75) is 98.1 Å². The molecule has 176 valence electrons. The molecule has 0 saturated heterocycles. The van der Waals surface area contributed by atoms with Crippen LogP contribution in [0.15, 0.2) is 29.3 Å². The summed E-state index contributed by atoms with van der Waals surface area (Å²) in [6, 6.07) is 9.55. The molecule has 3 N–H and O–H groups in total. The Kier molecular flexibility index (Phi) is 13.9. The predicted molar refractivity (Wildman–Crippen MR) is 133 cm³/mol. The van der Waals surface area contributed by atoms with Crippen LogP contribution < -0.4 is 5.73 Å². The fourth-order valence-corrected chi connectivity index (χ4v) is 3.02. The van der Waals surface area contributed by atoms with E-state index in [1.54, 1.807) is 20.8 Å². The van der Waals surface area contributed by atoms with E-state index in [0.717, 1.165) is 32.5 Å². The zero-order valence-electron chi connectivity index (χ0n) is 20.7. The average Bonchev–Trinajstić information content (AvgIpc) is 2.68. The number of rotatable bonds is 10. The summed E-state index contributed by atoms with van der Waals surface area (Å²) in [4.78, 5) is 10.7. The van der Waals surface area contributed by atoms with Crippen LogP contribution in [0.25, 0.3) is 0 Å². The SMILES string of the molecule is CC(C)(C)OO.CCN=CN(CC)C(CCN)CCCc1cccc(C(C)(C)C)c1.[HH]. The highest BCUT2D eigenvalue weighted by atomic mass is 17.1. The highest BCUT2D eigenvalue weighted by Gasteiger charge is 2.15. The zero-order valence-corrected chi connectivity index (χ0v) is 20.7. The maximum Gasteiger partial charge on any atom is 0.0949 e. The summed E-state index contributed by atoms with van der Waals surface area (Å²) in [6.07, 6.45) is 6.54. The van der Waals surface area contributed by atoms with Gasteiger partial charge >= 0.3 is 0 Å². The highest BCUT2D eigenvalue weighted by molar-refractivity contribution is 5.55. The molecule has 0 heterocycles. The van der Waals surface area contributed by atoms with Gasteiger partial charge in [0.2, 0.25) is 0 Å². The lowest BCUT2D eigenvalue weighted by atomic mass is 9.85. The van der Waals surface area contributed by atoms with Gasteiger partial charge in [0, 0.05) is 20.6 Å². The number of aliphatic imine (C=N–C) groups is 1. The van der Waals surface area contributed by atoms with Crippen LogP contribution in [0.3, 0.4) is 0 Å². The van der Waals surface area contributed by atoms with Crippen LogP contribution in [0.1, 0.15) is 87.2 Å². The Bertz CT molecular complexity index is 595. The van der Waals surface area contributed by atoms with Gasteiger partial charge in [-0.25, -0.2) is 4.89 Å². The molecule has 0 aliphatic heterocycles. The lowest BCUT2D eigenvalue weighted by molar-refractivity contribution is -0.306. The Hall–Kier alpha value is -1.43. The van der Waals surface area contributed by atoms with Crippen LogP contribution in [0.5, 0.6) is 0 Å². The van der Waals surface area contributed by atoms with E-state index in [1.807, 2.05) is 6.34 Å². The molecule has 0 aromatic heterocycles. The summed E-state index contributed by atoms with van der Waals surface area (Å²) in [5, 5.41) is 7.90. The van der Waals surface area contributed by atoms with E-state index < -0.39 is 5.60 Å². The summed E-state index contributed by atoms with van der Waals surface area (Å²) >= 11 is 0. The van der Waals surface area contributed by atoms with Crippen LogP contribution in [-0.4, -0.2) is 47.8 Å². The number of nitrogens with two attached hydrogens (primary N) is 1. The average molecular weight is 424 g/mol. The van der Waals surface area contributed by atoms with E-state index in [4.69, 9.17) is 11.0 Å². The fourth-order valence-electron chi connectivity index (χ4n) is 3.02. The van der Waals surface area contributed by atoms with Crippen molar-refractivity contribution < 1.29 is 11.6 Å². The molecule has 0 spiro atoms. The van der Waals surface area contributed by atoms with Crippen LogP contribution >= 0.6 is 0 Å². The maximum absolute atomic E-state index is 7.90. The Balaban J connectivity index is 0. The van der Waals surface area contributed by atoms with Crippen molar-refractivity contribution in [2.24, 2.45) is 10.7 Å². The molecule has 0 saturated carbocycles. The van der Waals surface area contributed by atoms with Crippen molar-refractivity contribution in [3.63, 3.8) is 0 Å². The number of aryl methyl sites for hydroxylation is 1. The molecule has 30 heavy (non-hydrogen) atoms. The lowest BCUT2D eigenvalue weighted by Crippen LogP contribution is -2.36. The molecular formula is C25H49N3O2. The van der Waals surface area contributed by atoms with Crippen molar-refractivity contribution in [2.75, 3.05) is 19.6 Å². The largest absolute Gasteiger partial charge is 0.360 e. The molecular weight excluding hydrogens is 374 g/mol. The van der Waals surface area contributed by atoms with Crippen LogP contribution in [0.2, 0.25) is 0 Å². The Labute approximate surface area is 187 Å². The van der Waals surface area contributed by atoms with Crippen molar-refractivity contribution in [1.29, 1.82) is 0 Å². The minimum absolute atomic E-state index is 0. The second-order valence-corrected chi connectivity index (χ2v) is 9.72. The quantitative estimate of drug-likeness (QED) is 0.212. The summed E-state index contributed by atoms with van der Waals surface area (Å²) < 4.78 is 0. The van der Waals surface area contributed by atoms with Crippen LogP contribution in [0.4, 0.5) is 0 Å². The van der Waals surface area contributed by atoms with E-state index >= 15 is 0 Å². The van der Waals surface area contributed by atoms with Gasteiger partial charge < -0.3 is 10.6 Å².